The number of aryl methyl sites for hydroxylation is 1. The Morgan fingerprint density at radius 3 is 1.67 bits per heavy atom. The van der Waals surface area contributed by atoms with E-state index in [2.05, 4.69) is 50.4 Å². The second-order valence-electron chi connectivity index (χ2n) is 5.55. The molecule has 0 heterocycles. The van der Waals surface area contributed by atoms with Gasteiger partial charge in [-0.2, -0.15) is 0 Å². The third-order valence-electron chi connectivity index (χ3n) is 3.97. The SMILES string of the molecule is CCC(NC(CC)c1ccc(F)cc1)c1ccc(C)cc1. The second-order valence-corrected chi connectivity index (χ2v) is 5.55. The lowest BCUT2D eigenvalue weighted by molar-refractivity contribution is 0.425. The van der Waals surface area contributed by atoms with Gasteiger partial charge in [0.2, 0.25) is 0 Å². The summed E-state index contributed by atoms with van der Waals surface area (Å²) >= 11 is 0. The molecular weight excluding hydrogens is 261 g/mol. The maximum Gasteiger partial charge on any atom is 0.123 e. The minimum Gasteiger partial charge on any atom is -0.303 e. The van der Waals surface area contributed by atoms with Gasteiger partial charge < -0.3 is 5.32 Å². The lowest BCUT2D eigenvalue weighted by Crippen LogP contribution is -2.25. The minimum absolute atomic E-state index is 0.181. The molecule has 0 aliphatic heterocycles. The average molecular weight is 285 g/mol. The molecule has 0 radical (unpaired) electrons. The molecule has 0 spiro atoms. The predicted octanol–water partition coefficient (Wildman–Crippen LogP) is 5.33. The molecule has 0 bridgehead atoms. The van der Waals surface area contributed by atoms with E-state index in [0.717, 1.165) is 18.4 Å². The van der Waals surface area contributed by atoms with Crippen LogP contribution in [-0.4, -0.2) is 0 Å². The topological polar surface area (TPSA) is 12.0 Å². The van der Waals surface area contributed by atoms with Crippen molar-refractivity contribution in [2.75, 3.05) is 0 Å². The van der Waals surface area contributed by atoms with Crippen LogP contribution in [0.25, 0.3) is 0 Å². The molecule has 2 rings (SSSR count). The Hall–Kier alpha value is -1.67. The van der Waals surface area contributed by atoms with Crippen molar-refractivity contribution in [3.05, 3.63) is 71.0 Å². The first-order valence-electron chi connectivity index (χ1n) is 7.72. The van der Waals surface area contributed by atoms with Crippen LogP contribution in [0.5, 0.6) is 0 Å². The van der Waals surface area contributed by atoms with E-state index in [9.17, 15) is 4.39 Å². The summed E-state index contributed by atoms with van der Waals surface area (Å²) in [5.41, 5.74) is 3.73. The van der Waals surface area contributed by atoms with E-state index in [1.54, 1.807) is 0 Å². The molecular formula is C19H24FN. The number of benzene rings is 2. The maximum atomic E-state index is 13.1. The van der Waals surface area contributed by atoms with Crippen LogP contribution in [-0.2, 0) is 0 Å². The summed E-state index contributed by atoms with van der Waals surface area (Å²) in [6, 6.07) is 16.1. The standard InChI is InChI=1S/C19H24FN/c1-4-18(15-8-6-14(3)7-9-15)21-19(5-2)16-10-12-17(20)13-11-16/h6-13,18-19,21H,4-5H2,1-3H3. The Morgan fingerprint density at radius 1 is 0.810 bits per heavy atom. The number of halogens is 1. The molecule has 2 atom stereocenters. The molecule has 0 saturated carbocycles. The maximum absolute atomic E-state index is 13.1. The highest BCUT2D eigenvalue weighted by Gasteiger charge is 2.16. The molecule has 112 valence electrons. The van der Waals surface area contributed by atoms with Crippen molar-refractivity contribution in [3.63, 3.8) is 0 Å². The molecule has 2 aromatic rings. The first-order chi connectivity index (χ1) is 10.1. The van der Waals surface area contributed by atoms with Gasteiger partial charge in [-0.1, -0.05) is 55.8 Å². The summed E-state index contributed by atoms with van der Waals surface area (Å²) in [7, 11) is 0. The number of hydrogen-bond donors (Lipinski definition) is 1. The van der Waals surface area contributed by atoms with Crippen LogP contribution in [0, 0.1) is 12.7 Å². The number of rotatable bonds is 6. The molecule has 0 amide bonds. The van der Waals surface area contributed by atoms with Gasteiger partial charge in [-0.3, -0.25) is 0 Å². The molecule has 21 heavy (non-hydrogen) atoms. The highest BCUT2D eigenvalue weighted by atomic mass is 19.1. The molecule has 2 unspecified atom stereocenters. The second kappa shape index (κ2) is 7.37. The molecule has 2 heteroatoms. The Labute approximate surface area is 127 Å². The fourth-order valence-electron chi connectivity index (χ4n) is 2.64. The van der Waals surface area contributed by atoms with Crippen LogP contribution < -0.4 is 5.32 Å². The molecule has 2 aromatic carbocycles. The number of nitrogens with one attached hydrogen (secondary N) is 1. The predicted molar refractivity (Wildman–Crippen MR) is 86.8 cm³/mol. The van der Waals surface area contributed by atoms with Crippen LogP contribution in [0.2, 0.25) is 0 Å². The molecule has 0 aliphatic carbocycles. The molecule has 0 fully saturated rings. The monoisotopic (exact) mass is 285 g/mol. The lowest BCUT2D eigenvalue weighted by atomic mass is 9.98. The van der Waals surface area contributed by atoms with Gasteiger partial charge in [0.25, 0.3) is 0 Å². The zero-order valence-electron chi connectivity index (χ0n) is 13.1. The van der Waals surface area contributed by atoms with Crippen LogP contribution in [0.4, 0.5) is 4.39 Å². The summed E-state index contributed by atoms with van der Waals surface area (Å²) in [6.07, 6.45) is 2.01. The van der Waals surface area contributed by atoms with Gasteiger partial charge in [0, 0.05) is 12.1 Å². The first-order valence-corrected chi connectivity index (χ1v) is 7.72. The quantitative estimate of drug-likeness (QED) is 0.756. The van der Waals surface area contributed by atoms with Gasteiger partial charge >= 0.3 is 0 Å². The zero-order valence-corrected chi connectivity index (χ0v) is 13.1. The third kappa shape index (κ3) is 4.15. The zero-order chi connectivity index (χ0) is 15.2. The lowest BCUT2D eigenvalue weighted by Gasteiger charge is -2.25. The van der Waals surface area contributed by atoms with Crippen LogP contribution in [0.15, 0.2) is 48.5 Å². The van der Waals surface area contributed by atoms with Gasteiger partial charge in [-0.05, 0) is 43.0 Å². The summed E-state index contributed by atoms with van der Waals surface area (Å²) in [6.45, 7) is 6.45. The average Bonchev–Trinajstić information content (AvgIpc) is 2.51. The van der Waals surface area contributed by atoms with Crippen molar-refractivity contribution in [1.82, 2.24) is 5.32 Å². The van der Waals surface area contributed by atoms with Gasteiger partial charge in [0.15, 0.2) is 0 Å². The first kappa shape index (κ1) is 15.7. The van der Waals surface area contributed by atoms with Crippen LogP contribution in [0.3, 0.4) is 0 Å². The van der Waals surface area contributed by atoms with E-state index in [-0.39, 0.29) is 11.9 Å². The van der Waals surface area contributed by atoms with E-state index in [1.807, 2.05) is 12.1 Å². The van der Waals surface area contributed by atoms with E-state index in [0.29, 0.717) is 6.04 Å². The normalized spacial score (nSPS) is 13.9. The third-order valence-corrected chi connectivity index (χ3v) is 3.97. The molecule has 0 aromatic heterocycles. The fourth-order valence-corrected chi connectivity index (χ4v) is 2.64. The summed E-state index contributed by atoms with van der Waals surface area (Å²) < 4.78 is 13.1. The Balaban J connectivity index is 2.15. The minimum atomic E-state index is -0.181. The molecule has 1 nitrogen and oxygen atoms in total. The smallest absolute Gasteiger partial charge is 0.123 e. The Kier molecular flexibility index (Phi) is 5.51. The van der Waals surface area contributed by atoms with Crippen molar-refractivity contribution in [1.29, 1.82) is 0 Å². The number of hydrogen-bond acceptors (Lipinski definition) is 1. The summed E-state index contributed by atoms with van der Waals surface area (Å²) in [5, 5.41) is 3.70. The Bertz CT molecular complexity index is 493. The molecule has 1 N–H and O–H groups in total. The van der Waals surface area contributed by atoms with Gasteiger partial charge in [0.1, 0.15) is 5.82 Å². The van der Waals surface area contributed by atoms with E-state index in [1.165, 1.54) is 23.3 Å². The highest BCUT2D eigenvalue weighted by Crippen LogP contribution is 2.24. The van der Waals surface area contributed by atoms with E-state index < -0.39 is 0 Å². The van der Waals surface area contributed by atoms with Crippen molar-refractivity contribution in [2.24, 2.45) is 0 Å². The van der Waals surface area contributed by atoms with Crippen molar-refractivity contribution >= 4 is 0 Å². The van der Waals surface area contributed by atoms with E-state index in [4.69, 9.17) is 0 Å². The summed E-state index contributed by atoms with van der Waals surface area (Å²) in [4.78, 5) is 0. The highest BCUT2D eigenvalue weighted by molar-refractivity contribution is 5.25. The van der Waals surface area contributed by atoms with Crippen molar-refractivity contribution in [2.45, 2.75) is 45.7 Å². The fraction of sp³-hybridized carbons (Fsp3) is 0.368. The van der Waals surface area contributed by atoms with Crippen molar-refractivity contribution < 1.29 is 4.39 Å². The summed E-state index contributed by atoms with van der Waals surface area (Å²) in [5.74, 6) is -0.181. The molecule has 0 aliphatic rings. The van der Waals surface area contributed by atoms with Crippen LogP contribution >= 0.6 is 0 Å². The largest absolute Gasteiger partial charge is 0.303 e. The van der Waals surface area contributed by atoms with Gasteiger partial charge in [0.05, 0.1) is 0 Å². The van der Waals surface area contributed by atoms with Gasteiger partial charge in [-0.15, -0.1) is 0 Å². The van der Waals surface area contributed by atoms with Gasteiger partial charge in [-0.25, -0.2) is 4.39 Å². The molecule has 0 saturated heterocycles. The Morgan fingerprint density at radius 2 is 1.24 bits per heavy atom. The van der Waals surface area contributed by atoms with Crippen molar-refractivity contribution in [3.8, 4) is 0 Å². The van der Waals surface area contributed by atoms with Crippen LogP contribution in [0.1, 0.15) is 55.5 Å². The van der Waals surface area contributed by atoms with E-state index >= 15 is 0 Å².